The second-order valence-corrected chi connectivity index (χ2v) is 7.11. The number of aromatic nitrogens is 3. The molecular weight excluding hydrogens is 324 g/mol. The Kier molecular flexibility index (Phi) is 4.69. The van der Waals surface area contributed by atoms with Crippen molar-refractivity contribution in [2.75, 3.05) is 13.1 Å². The third-order valence-corrected chi connectivity index (χ3v) is 5.23. The van der Waals surface area contributed by atoms with Gasteiger partial charge in [-0.2, -0.15) is 0 Å². The summed E-state index contributed by atoms with van der Waals surface area (Å²) in [5.41, 5.74) is 3.09. The zero-order chi connectivity index (χ0) is 17.9. The molecule has 1 amide bonds. The minimum Gasteiger partial charge on any atom is -0.341 e. The normalized spacial score (nSPS) is 17.6. The minimum absolute atomic E-state index is 0.182. The largest absolute Gasteiger partial charge is 0.341 e. The van der Waals surface area contributed by atoms with Crippen molar-refractivity contribution in [2.45, 2.75) is 32.7 Å². The smallest absolute Gasteiger partial charge is 0.242 e. The van der Waals surface area contributed by atoms with Gasteiger partial charge < -0.3 is 9.47 Å². The van der Waals surface area contributed by atoms with Crippen LogP contribution in [0.4, 0.5) is 0 Å². The molecule has 1 saturated heterocycles. The summed E-state index contributed by atoms with van der Waals surface area (Å²) in [5, 5.41) is 0. The van der Waals surface area contributed by atoms with Gasteiger partial charge in [-0.05, 0) is 56.4 Å². The maximum Gasteiger partial charge on any atom is 0.242 e. The van der Waals surface area contributed by atoms with Gasteiger partial charge in [0.1, 0.15) is 12.4 Å². The van der Waals surface area contributed by atoms with Crippen LogP contribution in [0.1, 0.15) is 24.4 Å². The number of hydrogen-bond acceptors (Lipinski definition) is 3. The van der Waals surface area contributed by atoms with E-state index in [4.69, 9.17) is 0 Å². The van der Waals surface area contributed by atoms with Crippen molar-refractivity contribution in [2.24, 2.45) is 5.92 Å². The lowest BCUT2D eigenvalue weighted by atomic mass is 9.93. The van der Waals surface area contributed by atoms with Crippen LogP contribution in [-0.2, 0) is 17.8 Å². The average Bonchev–Trinajstić information content (AvgIpc) is 2.98. The molecule has 0 aliphatic carbocycles. The van der Waals surface area contributed by atoms with E-state index >= 15 is 0 Å². The molecule has 0 bridgehead atoms. The van der Waals surface area contributed by atoms with Crippen LogP contribution >= 0.6 is 0 Å². The minimum atomic E-state index is 0.182. The van der Waals surface area contributed by atoms with Crippen LogP contribution in [-0.4, -0.2) is 38.4 Å². The van der Waals surface area contributed by atoms with Crippen LogP contribution in [0.5, 0.6) is 0 Å². The number of carbonyl (C=O) groups is 1. The molecule has 1 aromatic carbocycles. The van der Waals surface area contributed by atoms with Crippen molar-refractivity contribution in [1.29, 1.82) is 0 Å². The zero-order valence-electron chi connectivity index (χ0n) is 15.1. The molecule has 5 nitrogen and oxygen atoms in total. The van der Waals surface area contributed by atoms with E-state index < -0.39 is 0 Å². The van der Waals surface area contributed by atoms with E-state index in [0.29, 0.717) is 12.5 Å². The number of piperidine rings is 1. The van der Waals surface area contributed by atoms with Gasteiger partial charge in [0, 0.05) is 25.0 Å². The molecule has 0 N–H and O–H groups in total. The molecule has 134 valence electrons. The van der Waals surface area contributed by atoms with E-state index in [0.717, 1.165) is 54.9 Å². The summed E-state index contributed by atoms with van der Waals surface area (Å²) in [6.07, 6.45) is 5.01. The maximum absolute atomic E-state index is 12.9. The summed E-state index contributed by atoms with van der Waals surface area (Å²) in [6, 6.07) is 14.0. The number of benzene rings is 1. The first kappa shape index (κ1) is 16.8. The van der Waals surface area contributed by atoms with Gasteiger partial charge >= 0.3 is 0 Å². The van der Waals surface area contributed by atoms with Gasteiger partial charge in [0.05, 0.1) is 11.0 Å². The molecule has 1 aliphatic rings. The van der Waals surface area contributed by atoms with E-state index in [-0.39, 0.29) is 5.91 Å². The number of amides is 1. The molecule has 1 aliphatic heterocycles. The third-order valence-electron chi connectivity index (χ3n) is 5.23. The number of fused-ring (bicyclic) bond motifs is 1. The Labute approximate surface area is 153 Å². The molecule has 3 aromatic rings. The molecular formula is C21H24N4O. The quantitative estimate of drug-likeness (QED) is 0.727. The van der Waals surface area contributed by atoms with Crippen LogP contribution < -0.4 is 0 Å². The zero-order valence-corrected chi connectivity index (χ0v) is 15.1. The molecule has 4 rings (SSSR count). The number of likely N-dealkylation sites (tertiary alicyclic amines) is 1. The number of para-hydroxylation sites is 2. The predicted octanol–water partition coefficient (Wildman–Crippen LogP) is 3.22. The Balaban J connectivity index is 1.45. The van der Waals surface area contributed by atoms with Crippen LogP contribution in [0.2, 0.25) is 0 Å². The summed E-state index contributed by atoms with van der Waals surface area (Å²) >= 11 is 0. The van der Waals surface area contributed by atoms with E-state index in [1.807, 2.05) is 59.0 Å². The summed E-state index contributed by atoms with van der Waals surface area (Å²) in [4.78, 5) is 23.9. The monoisotopic (exact) mass is 348 g/mol. The third kappa shape index (κ3) is 3.47. The van der Waals surface area contributed by atoms with Gasteiger partial charge in [-0.3, -0.25) is 9.78 Å². The van der Waals surface area contributed by atoms with Crippen molar-refractivity contribution < 1.29 is 4.79 Å². The standard InChI is InChI=1S/C21H24N4O/c1-16-23-19-9-2-3-10-20(19)25(16)15-21(26)24-12-6-7-17(14-24)13-18-8-4-5-11-22-18/h2-5,8-11,17H,6-7,12-15H2,1H3. The summed E-state index contributed by atoms with van der Waals surface area (Å²) in [5.74, 6) is 1.56. The molecule has 0 saturated carbocycles. The van der Waals surface area contributed by atoms with Crippen LogP contribution in [0.15, 0.2) is 48.7 Å². The lowest BCUT2D eigenvalue weighted by Gasteiger charge is -2.33. The number of nitrogens with zero attached hydrogens (tertiary/aromatic N) is 4. The topological polar surface area (TPSA) is 51.0 Å². The Morgan fingerprint density at radius 2 is 2.04 bits per heavy atom. The molecule has 1 fully saturated rings. The van der Waals surface area contributed by atoms with E-state index in [2.05, 4.69) is 16.0 Å². The van der Waals surface area contributed by atoms with Crippen LogP contribution in [0.25, 0.3) is 11.0 Å². The number of pyridine rings is 1. The molecule has 26 heavy (non-hydrogen) atoms. The van der Waals surface area contributed by atoms with Gasteiger partial charge in [-0.15, -0.1) is 0 Å². The number of imidazole rings is 1. The number of rotatable bonds is 4. The van der Waals surface area contributed by atoms with Crippen molar-refractivity contribution in [3.63, 3.8) is 0 Å². The molecule has 3 heterocycles. The van der Waals surface area contributed by atoms with Crippen molar-refractivity contribution in [1.82, 2.24) is 19.4 Å². The van der Waals surface area contributed by atoms with E-state index in [9.17, 15) is 4.79 Å². The first-order valence-corrected chi connectivity index (χ1v) is 9.30. The molecule has 2 aromatic heterocycles. The SMILES string of the molecule is Cc1nc2ccccc2n1CC(=O)N1CCCC(Cc2ccccn2)C1. The fraction of sp³-hybridized carbons (Fsp3) is 0.381. The first-order valence-electron chi connectivity index (χ1n) is 9.30. The van der Waals surface area contributed by atoms with Crippen molar-refractivity contribution in [3.8, 4) is 0 Å². The van der Waals surface area contributed by atoms with E-state index in [1.165, 1.54) is 0 Å². The Morgan fingerprint density at radius 3 is 2.88 bits per heavy atom. The highest BCUT2D eigenvalue weighted by atomic mass is 16.2. The second-order valence-electron chi connectivity index (χ2n) is 7.11. The van der Waals surface area contributed by atoms with Crippen LogP contribution in [0, 0.1) is 12.8 Å². The lowest BCUT2D eigenvalue weighted by molar-refractivity contribution is -0.133. The molecule has 5 heteroatoms. The summed E-state index contributed by atoms with van der Waals surface area (Å²) < 4.78 is 2.03. The number of hydrogen-bond donors (Lipinski definition) is 0. The van der Waals surface area contributed by atoms with Gasteiger partial charge in [0.25, 0.3) is 0 Å². The molecule has 0 radical (unpaired) electrons. The molecule has 0 spiro atoms. The molecule has 1 atom stereocenters. The Hall–Kier alpha value is -2.69. The van der Waals surface area contributed by atoms with Crippen molar-refractivity contribution >= 4 is 16.9 Å². The molecule has 1 unspecified atom stereocenters. The second kappa shape index (κ2) is 7.28. The predicted molar refractivity (Wildman–Crippen MR) is 102 cm³/mol. The van der Waals surface area contributed by atoms with Crippen LogP contribution in [0.3, 0.4) is 0 Å². The summed E-state index contributed by atoms with van der Waals surface area (Å²) in [7, 11) is 0. The summed E-state index contributed by atoms with van der Waals surface area (Å²) in [6.45, 7) is 4.00. The lowest BCUT2D eigenvalue weighted by Crippen LogP contribution is -2.42. The fourth-order valence-corrected chi connectivity index (χ4v) is 3.90. The maximum atomic E-state index is 12.9. The fourth-order valence-electron chi connectivity index (χ4n) is 3.90. The average molecular weight is 348 g/mol. The van der Waals surface area contributed by atoms with Gasteiger partial charge in [-0.25, -0.2) is 4.98 Å². The highest BCUT2D eigenvalue weighted by Crippen LogP contribution is 2.21. The van der Waals surface area contributed by atoms with Crippen molar-refractivity contribution in [3.05, 3.63) is 60.2 Å². The first-order chi connectivity index (χ1) is 12.7. The highest BCUT2D eigenvalue weighted by molar-refractivity contribution is 5.81. The number of carbonyl (C=O) groups excluding carboxylic acids is 1. The van der Waals surface area contributed by atoms with Gasteiger partial charge in [0.2, 0.25) is 5.91 Å². The highest BCUT2D eigenvalue weighted by Gasteiger charge is 2.25. The Bertz CT molecular complexity index is 903. The number of aryl methyl sites for hydroxylation is 1. The van der Waals surface area contributed by atoms with E-state index in [1.54, 1.807) is 0 Å². The van der Waals surface area contributed by atoms with Gasteiger partial charge in [0.15, 0.2) is 0 Å². The van der Waals surface area contributed by atoms with Gasteiger partial charge in [-0.1, -0.05) is 18.2 Å². The Morgan fingerprint density at radius 1 is 1.19 bits per heavy atom.